The summed E-state index contributed by atoms with van der Waals surface area (Å²) in [5.41, 5.74) is 4.45. The van der Waals surface area contributed by atoms with Gasteiger partial charge < -0.3 is 9.88 Å². The molecule has 0 saturated heterocycles. The lowest BCUT2D eigenvalue weighted by molar-refractivity contribution is 0.522. The summed E-state index contributed by atoms with van der Waals surface area (Å²) >= 11 is 0. The number of pyridine rings is 1. The number of nitrogens with one attached hydrogen (secondary N) is 1. The summed E-state index contributed by atoms with van der Waals surface area (Å²) in [6, 6.07) is 4.00. The number of aryl methyl sites for hydroxylation is 3. The van der Waals surface area contributed by atoms with Crippen molar-refractivity contribution < 1.29 is 0 Å². The molecule has 0 amide bonds. The molecular weight excluding hydrogens is 312 g/mol. The minimum atomic E-state index is 0.797. The third-order valence-electron chi connectivity index (χ3n) is 4.67. The number of rotatable bonds is 6. The molecule has 25 heavy (non-hydrogen) atoms. The smallest absolute Gasteiger partial charge is 0.108 e. The van der Waals surface area contributed by atoms with Crippen LogP contribution in [0.3, 0.4) is 0 Å². The van der Waals surface area contributed by atoms with E-state index in [0.717, 1.165) is 43.7 Å². The Labute approximate surface area is 147 Å². The topological polar surface area (TPSA) is 60.6 Å². The van der Waals surface area contributed by atoms with Gasteiger partial charge in [-0.05, 0) is 25.0 Å². The van der Waals surface area contributed by atoms with Gasteiger partial charge in [-0.25, -0.2) is 4.98 Å². The Morgan fingerprint density at radius 2 is 2.20 bits per heavy atom. The SMILES string of the molecule is Cn1cc(CNCCc2cn3c(n2)CCCC3)c(-c2cccnc2)n1. The first-order valence-corrected chi connectivity index (χ1v) is 8.98. The van der Waals surface area contributed by atoms with Crippen LogP contribution in [0, 0.1) is 0 Å². The molecule has 130 valence electrons. The highest BCUT2D eigenvalue weighted by Gasteiger charge is 2.12. The van der Waals surface area contributed by atoms with Crippen LogP contribution in [0.15, 0.2) is 36.9 Å². The lowest BCUT2D eigenvalue weighted by atomic mass is 10.1. The molecule has 1 aliphatic heterocycles. The van der Waals surface area contributed by atoms with Crippen molar-refractivity contribution >= 4 is 0 Å². The van der Waals surface area contributed by atoms with Crippen LogP contribution in [-0.4, -0.2) is 30.9 Å². The summed E-state index contributed by atoms with van der Waals surface area (Å²) in [5, 5.41) is 8.11. The second kappa shape index (κ2) is 7.19. The van der Waals surface area contributed by atoms with E-state index in [4.69, 9.17) is 4.98 Å². The van der Waals surface area contributed by atoms with Crippen molar-refractivity contribution in [2.45, 2.75) is 38.8 Å². The molecule has 0 radical (unpaired) electrons. The van der Waals surface area contributed by atoms with Crippen LogP contribution in [-0.2, 0) is 33.0 Å². The zero-order valence-electron chi connectivity index (χ0n) is 14.6. The fourth-order valence-corrected chi connectivity index (χ4v) is 3.44. The van der Waals surface area contributed by atoms with Crippen molar-refractivity contribution in [3.8, 4) is 11.3 Å². The third-order valence-corrected chi connectivity index (χ3v) is 4.67. The molecule has 0 unspecified atom stereocenters. The van der Waals surface area contributed by atoms with Gasteiger partial charge >= 0.3 is 0 Å². The summed E-state index contributed by atoms with van der Waals surface area (Å²) in [7, 11) is 1.96. The molecule has 3 aromatic heterocycles. The van der Waals surface area contributed by atoms with Crippen LogP contribution in [0.2, 0.25) is 0 Å². The summed E-state index contributed by atoms with van der Waals surface area (Å²) in [4.78, 5) is 8.96. The van der Waals surface area contributed by atoms with E-state index in [9.17, 15) is 0 Å². The molecule has 0 aliphatic carbocycles. The fourth-order valence-electron chi connectivity index (χ4n) is 3.44. The van der Waals surface area contributed by atoms with Gasteiger partial charge in [-0.3, -0.25) is 9.67 Å². The number of fused-ring (bicyclic) bond motifs is 1. The first-order valence-electron chi connectivity index (χ1n) is 8.98. The second-order valence-corrected chi connectivity index (χ2v) is 6.64. The normalized spacial score (nSPS) is 13.8. The van der Waals surface area contributed by atoms with Gasteiger partial charge in [0.1, 0.15) is 5.82 Å². The van der Waals surface area contributed by atoms with Crippen molar-refractivity contribution in [1.82, 2.24) is 29.6 Å². The Bertz CT molecular complexity index is 809. The highest BCUT2D eigenvalue weighted by Crippen LogP contribution is 2.20. The lowest BCUT2D eigenvalue weighted by Gasteiger charge is -2.11. The molecule has 1 N–H and O–H groups in total. The molecular formula is C19H24N6. The summed E-state index contributed by atoms with van der Waals surface area (Å²) in [6.45, 7) is 2.84. The van der Waals surface area contributed by atoms with Gasteiger partial charge in [-0.2, -0.15) is 5.10 Å². The number of hydrogen-bond donors (Lipinski definition) is 1. The van der Waals surface area contributed by atoms with E-state index >= 15 is 0 Å². The molecule has 0 spiro atoms. The third kappa shape index (κ3) is 3.64. The van der Waals surface area contributed by atoms with Gasteiger partial charge in [-0.1, -0.05) is 0 Å². The molecule has 0 bridgehead atoms. The number of hydrogen-bond acceptors (Lipinski definition) is 4. The van der Waals surface area contributed by atoms with Gasteiger partial charge in [0.05, 0.1) is 11.4 Å². The molecule has 0 atom stereocenters. The van der Waals surface area contributed by atoms with E-state index in [-0.39, 0.29) is 0 Å². The zero-order valence-corrected chi connectivity index (χ0v) is 14.6. The quantitative estimate of drug-likeness (QED) is 0.702. The van der Waals surface area contributed by atoms with Crippen molar-refractivity contribution in [2.75, 3.05) is 6.54 Å². The maximum absolute atomic E-state index is 4.76. The van der Waals surface area contributed by atoms with Crippen molar-refractivity contribution in [1.29, 1.82) is 0 Å². The average Bonchev–Trinajstić information content (AvgIpc) is 3.22. The number of nitrogens with zero attached hydrogens (tertiary/aromatic N) is 5. The van der Waals surface area contributed by atoms with E-state index in [1.54, 1.807) is 6.20 Å². The van der Waals surface area contributed by atoms with E-state index in [2.05, 4.69) is 38.4 Å². The van der Waals surface area contributed by atoms with Crippen molar-refractivity contribution in [2.24, 2.45) is 7.05 Å². The van der Waals surface area contributed by atoms with Gasteiger partial charge in [-0.15, -0.1) is 0 Å². The van der Waals surface area contributed by atoms with Gasteiger partial charge in [0.15, 0.2) is 0 Å². The van der Waals surface area contributed by atoms with Crippen LogP contribution in [0.5, 0.6) is 0 Å². The van der Waals surface area contributed by atoms with Gasteiger partial charge in [0.25, 0.3) is 0 Å². The van der Waals surface area contributed by atoms with Crippen molar-refractivity contribution in [3.05, 3.63) is 54.0 Å². The van der Waals surface area contributed by atoms with Crippen LogP contribution >= 0.6 is 0 Å². The average molecular weight is 336 g/mol. The largest absolute Gasteiger partial charge is 0.335 e. The molecule has 0 fully saturated rings. The monoisotopic (exact) mass is 336 g/mol. The minimum absolute atomic E-state index is 0.797. The Kier molecular flexibility index (Phi) is 4.61. The summed E-state index contributed by atoms with van der Waals surface area (Å²) in [5.74, 6) is 1.26. The molecule has 0 aromatic carbocycles. The molecule has 6 heteroatoms. The van der Waals surface area contributed by atoms with E-state index in [1.807, 2.05) is 24.0 Å². The molecule has 6 nitrogen and oxygen atoms in total. The summed E-state index contributed by atoms with van der Waals surface area (Å²) in [6.07, 6.45) is 12.6. The maximum Gasteiger partial charge on any atom is 0.108 e. The molecule has 4 rings (SSSR count). The Hall–Kier alpha value is -2.47. The predicted octanol–water partition coefficient (Wildman–Crippen LogP) is 2.35. The van der Waals surface area contributed by atoms with E-state index in [1.165, 1.54) is 29.9 Å². The molecule has 1 aliphatic rings. The van der Waals surface area contributed by atoms with Crippen LogP contribution in [0.1, 0.15) is 29.9 Å². The Morgan fingerprint density at radius 1 is 1.24 bits per heavy atom. The number of aromatic nitrogens is 5. The first-order chi connectivity index (χ1) is 12.3. The fraction of sp³-hybridized carbons (Fsp3) is 0.421. The Balaban J connectivity index is 1.35. The van der Waals surface area contributed by atoms with Crippen LogP contribution < -0.4 is 5.32 Å². The zero-order chi connectivity index (χ0) is 17.1. The van der Waals surface area contributed by atoms with E-state index in [0.29, 0.717) is 0 Å². The second-order valence-electron chi connectivity index (χ2n) is 6.64. The lowest BCUT2D eigenvalue weighted by Crippen LogP contribution is -2.17. The predicted molar refractivity (Wildman–Crippen MR) is 97.0 cm³/mol. The highest BCUT2D eigenvalue weighted by molar-refractivity contribution is 5.61. The Morgan fingerprint density at radius 3 is 3.04 bits per heavy atom. The summed E-state index contributed by atoms with van der Waals surface area (Å²) < 4.78 is 4.18. The maximum atomic E-state index is 4.76. The van der Waals surface area contributed by atoms with Crippen LogP contribution in [0.25, 0.3) is 11.3 Å². The minimum Gasteiger partial charge on any atom is -0.335 e. The number of imidazole rings is 1. The molecule has 4 heterocycles. The van der Waals surface area contributed by atoms with E-state index < -0.39 is 0 Å². The van der Waals surface area contributed by atoms with Gasteiger partial charge in [0, 0.05) is 75.4 Å². The highest BCUT2D eigenvalue weighted by atomic mass is 15.3. The molecule has 0 saturated carbocycles. The first kappa shape index (κ1) is 16.0. The van der Waals surface area contributed by atoms with Crippen LogP contribution in [0.4, 0.5) is 0 Å². The van der Waals surface area contributed by atoms with Crippen molar-refractivity contribution in [3.63, 3.8) is 0 Å². The standard InChI is InChI=1S/C19H24N6/c1-24-13-16(19(23-24)15-5-4-8-20-11-15)12-21-9-7-17-14-25-10-3-2-6-18(25)22-17/h4-5,8,11,13-14,21H,2-3,6-7,9-10,12H2,1H3. The molecule has 3 aromatic rings. The van der Waals surface area contributed by atoms with Gasteiger partial charge in [0.2, 0.25) is 0 Å².